The Bertz CT molecular complexity index is 1520. The number of amides is 1. The highest BCUT2D eigenvalue weighted by Gasteiger charge is 2.38. The summed E-state index contributed by atoms with van der Waals surface area (Å²) in [6, 6.07) is 5.64. The molecule has 226 valence electrons. The minimum Gasteiger partial charge on any atom is -0.380 e. The van der Waals surface area contributed by atoms with Gasteiger partial charge in [0.25, 0.3) is 5.91 Å². The highest BCUT2D eigenvalue weighted by atomic mass is 19.4. The van der Waals surface area contributed by atoms with Crippen LogP contribution < -0.4 is 5.32 Å². The molecule has 0 atom stereocenters. The zero-order chi connectivity index (χ0) is 30.5. The van der Waals surface area contributed by atoms with Crippen molar-refractivity contribution in [1.29, 1.82) is 0 Å². The van der Waals surface area contributed by atoms with E-state index < -0.39 is 11.9 Å². The number of benzene rings is 1. The molecule has 8 nitrogen and oxygen atoms in total. The van der Waals surface area contributed by atoms with Gasteiger partial charge in [0.2, 0.25) is 0 Å². The van der Waals surface area contributed by atoms with Crippen LogP contribution in [-0.4, -0.2) is 49.8 Å². The molecule has 0 spiro atoms. The summed E-state index contributed by atoms with van der Waals surface area (Å²) in [6.07, 6.45) is 4.12. The normalized spacial score (nSPS) is 12.3. The summed E-state index contributed by atoms with van der Waals surface area (Å²) >= 11 is 0. The lowest BCUT2D eigenvalue weighted by Gasteiger charge is -2.17. The lowest BCUT2D eigenvalue weighted by Crippen LogP contribution is -2.28. The topological polar surface area (TPSA) is 86.3 Å². The summed E-state index contributed by atoms with van der Waals surface area (Å²) in [6.45, 7) is 12.1. The molecule has 3 heterocycles. The second-order valence-corrected chi connectivity index (χ2v) is 11.6. The van der Waals surface area contributed by atoms with Gasteiger partial charge in [-0.2, -0.15) is 18.3 Å². The number of alkyl halides is 3. The first-order chi connectivity index (χ1) is 19.9. The Morgan fingerprint density at radius 3 is 2.57 bits per heavy atom. The van der Waals surface area contributed by atoms with Crippen LogP contribution >= 0.6 is 0 Å². The van der Waals surface area contributed by atoms with Gasteiger partial charge >= 0.3 is 6.18 Å². The van der Waals surface area contributed by atoms with E-state index in [0.29, 0.717) is 68.2 Å². The molecule has 1 amide bonds. The number of hydrogen-bond acceptors (Lipinski definition) is 5. The van der Waals surface area contributed by atoms with Gasteiger partial charge in [0.15, 0.2) is 11.3 Å². The van der Waals surface area contributed by atoms with Crippen LogP contribution in [0.2, 0.25) is 0 Å². The number of nitrogens with one attached hydrogen (secondary N) is 1. The summed E-state index contributed by atoms with van der Waals surface area (Å²) in [5, 5.41) is 6.81. The van der Waals surface area contributed by atoms with Gasteiger partial charge in [0, 0.05) is 50.3 Å². The van der Waals surface area contributed by atoms with Gasteiger partial charge in [-0.1, -0.05) is 46.8 Å². The molecule has 0 aliphatic heterocycles. The Kier molecular flexibility index (Phi) is 9.71. The average molecular weight is 585 g/mol. The molecule has 1 N–H and O–H groups in total. The first-order valence-electron chi connectivity index (χ1n) is 14.3. The van der Waals surface area contributed by atoms with Crippen molar-refractivity contribution in [3.63, 3.8) is 0 Å². The molecule has 0 bridgehead atoms. The number of carbonyl (C=O) groups is 1. The second-order valence-electron chi connectivity index (χ2n) is 11.6. The zero-order valence-corrected chi connectivity index (χ0v) is 24.9. The van der Waals surface area contributed by atoms with E-state index in [1.54, 1.807) is 22.9 Å². The van der Waals surface area contributed by atoms with Gasteiger partial charge in [0.1, 0.15) is 0 Å². The number of fused-ring (bicyclic) bond motifs is 1. The molecule has 0 aliphatic carbocycles. The van der Waals surface area contributed by atoms with Crippen molar-refractivity contribution in [3.05, 3.63) is 71.1 Å². The van der Waals surface area contributed by atoms with Crippen LogP contribution in [0.25, 0.3) is 16.9 Å². The zero-order valence-electron chi connectivity index (χ0n) is 24.9. The minimum atomic E-state index is -4.62. The van der Waals surface area contributed by atoms with E-state index in [2.05, 4.69) is 20.4 Å². The molecule has 0 fully saturated rings. The standard InChI is InChI=1S/C31H39F3N6O2/c1-6-15-42-16-12-36-29(41)23-9-8-21(17-22(23)7-2)18-25-28-37-19-26(40(28)14-11-35-25)24-20-39(13-10-30(3,4)5)38-27(24)31(32,33)34/h8-9,11,14,17,19-20H,6-7,10,12-13,15-16,18H2,1-5H3,(H,36,41). The smallest absolute Gasteiger partial charge is 0.380 e. The third-order valence-corrected chi connectivity index (χ3v) is 6.95. The summed E-state index contributed by atoms with van der Waals surface area (Å²) in [5.74, 6) is -0.153. The van der Waals surface area contributed by atoms with Crippen LogP contribution in [-0.2, 0) is 30.3 Å². The molecule has 42 heavy (non-hydrogen) atoms. The molecule has 0 unspecified atom stereocenters. The predicted octanol–water partition coefficient (Wildman–Crippen LogP) is 6.36. The molecule has 4 rings (SSSR count). The number of carbonyl (C=O) groups excluding carboxylic acids is 1. The third-order valence-electron chi connectivity index (χ3n) is 6.95. The molecule has 0 saturated heterocycles. The highest BCUT2D eigenvalue weighted by molar-refractivity contribution is 5.95. The van der Waals surface area contributed by atoms with Gasteiger partial charge in [-0.15, -0.1) is 0 Å². The molecular weight excluding hydrogens is 545 g/mol. The maximum atomic E-state index is 14.0. The average Bonchev–Trinajstić information content (AvgIpc) is 3.56. The van der Waals surface area contributed by atoms with Crippen LogP contribution in [0, 0.1) is 5.41 Å². The maximum absolute atomic E-state index is 14.0. The Labute approximate surface area is 244 Å². The van der Waals surface area contributed by atoms with Gasteiger partial charge in [-0.05, 0) is 41.9 Å². The van der Waals surface area contributed by atoms with Crippen molar-refractivity contribution < 1.29 is 22.7 Å². The maximum Gasteiger partial charge on any atom is 0.435 e. The van der Waals surface area contributed by atoms with Crippen molar-refractivity contribution in [2.24, 2.45) is 5.41 Å². The van der Waals surface area contributed by atoms with E-state index in [9.17, 15) is 18.0 Å². The fourth-order valence-corrected chi connectivity index (χ4v) is 4.72. The minimum absolute atomic E-state index is 0.0233. The molecule has 11 heteroatoms. The van der Waals surface area contributed by atoms with Gasteiger partial charge in [-0.25, -0.2) is 4.98 Å². The molecule has 0 saturated carbocycles. The predicted molar refractivity (Wildman–Crippen MR) is 155 cm³/mol. The molecular formula is C31H39F3N6O2. The quantitative estimate of drug-likeness (QED) is 0.196. The lowest BCUT2D eigenvalue weighted by molar-refractivity contribution is -0.141. The summed E-state index contributed by atoms with van der Waals surface area (Å²) in [7, 11) is 0. The first-order valence-corrected chi connectivity index (χ1v) is 14.3. The van der Waals surface area contributed by atoms with E-state index in [1.165, 1.54) is 17.1 Å². The number of halogens is 3. The summed E-state index contributed by atoms with van der Waals surface area (Å²) < 4.78 is 50.5. The largest absolute Gasteiger partial charge is 0.435 e. The van der Waals surface area contributed by atoms with Crippen molar-refractivity contribution in [2.45, 2.75) is 73.0 Å². The first kappa shape index (κ1) is 31.2. The Balaban J connectivity index is 1.59. The van der Waals surface area contributed by atoms with Crippen molar-refractivity contribution in [2.75, 3.05) is 19.8 Å². The second kappa shape index (κ2) is 13.1. The van der Waals surface area contributed by atoms with Crippen LogP contribution in [0.3, 0.4) is 0 Å². The number of imidazole rings is 1. The Morgan fingerprint density at radius 1 is 1.10 bits per heavy atom. The van der Waals surface area contributed by atoms with E-state index >= 15 is 0 Å². The number of hydrogen-bond donors (Lipinski definition) is 1. The third kappa shape index (κ3) is 7.56. The molecule has 4 aromatic rings. The fourth-order valence-electron chi connectivity index (χ4n) is 4.72. The number of aromatic nitrogens is 5. The van der Waals surface area contributed by atoms with E-state index in [1.807, 2.05) is 46.8 Å². The molecule has 3 aromatic heterocycles. The number of rotatable bonds is 12. The monoisotopic (exact) mass is 584 g/mol. The van der Waals surface area contributed by atoms with Crippen LogP contribution in [0.1, 0.15) is 80.3 Å². The van der Waals surface area contributed by atoms with Gasteiger partial charge < -0.3 is 10.1 Å². The SMILES string of the molecule is CCCOCCNC(=O)c1ccc(Cc2nccn3c(-c4cn(CCC(C)(C)C)nc4C(F)(F)F)cnc23)cc1CC. The molecule has 1 aromatic carbocycles. The van der Waals surface area contributed by atoms with Crippen molar-refractivity contribution in [3.8, 4) is 11.3 Å². The summed E-state index contributed by atoms with van der Waals surface area (Å²) in [4.78, 5) is 21.7. The summed E-state index contributed by atoms with van der Waals surface area (Å²) in [5.41, 5.74) is 2.80. The van der Waals surface area contributed by atoms with Crippen molar-refractivity contribution in [1.82, 2.24) is 29.5 Å². The van der Waals surface area contributed by atoms with E-state index in [4.69, 9.17) is 4.74 Å². The Morgan fingerprint density at radius 2 is 1.88 bits per heavy atom. The van der Waals surface area contributed by atoms with Crippen LogP contribution in [0.15, 0.2) is 43.0 Å². The number of aryl methyl sites for hydroxylation is 2. The fraction of sp³-hybridized carbons (Fsp3) is 0.484. The Hall–Kier alpha value is -3.73. The van der Waals surface area contributed by atoms with Crippen molar-refractivity contribution >= 4 is 11.6 Å². The molecule has 0 aliphatic rings. The van der Waals surface area contributed by atoms with Gasteiger partial charge in [-0.3, -0.25) is 18.9 Å². The molecule has 0 radical (unpaired) electrons. The van der Waals surface area contributed by atoms with Crippen LogP contribution in [0.4, 0.5) is 13.2 Å². The van der Waals surface area contributed by atoms with Crippen LogP contribution in [0.5, 0.6) is 0 Å². The highest BCUT2D eigenvalue weighted by Crippen LogP contribution is 2.37. The van der Waals surface area contributed by atoms with Gasteiger partial charge in [0.05, 0.1) is 29.8 Å². The number of ether oxygens (including phenoxy) is 1. The van der Waals surface area contributed by atoms with E-state index in [-0.39, 0.29) is 16.9 Å². The lowest BCUT2D eigenvalue weighted by atomic mass is 9.92. The van der Waals surface area contributed by atoms with E-state index in [0.717, 1.165) is 17.5 Å². The number of nitrogens with zero attached hydrogens (tertiary/aromatic N) is 5.